The largest absolute Gasteiger partial charge is 0.311 e. The van der Waals surface area contributed by atoms with Gasteiger partial charge >= 0.3 is 0 Å². The number of benzene rings is 1. The summed E-state index contributed by atoms with van der Waals surface area (Å²) < 4.78 is 0. The molecule has 2 heterocycles. The van der Waals surface area contributed by atoms with Gasteiger partial charge in [-0.05, 0) is 48.8 Å². The lowest BCUT2D eigenvalue weighted by molar-refractivity contribution is -0.119. The maximum atomic E-state index is 12.8. The minimum atomic E-state index is 0.301. The molecule has 114 valence electrons. The molecule has 1 atom stereocenters. The molecule has 2 aliphatic heterocycles. The topological polar surface area (TPSA) is 32.3 Å². The number of nitrogens with zero attached hydrogens (tertiary/aromatic N) is 1. The molecule has 3 rings (SSSR count). The fourth-order valence-corrected chi connectivity index (χ4v) is 4.39. The molecule has 1 saturated heterocycles. The predicted octanol–water partition coefficient (Wildman–Crippen LogP) is 3.04. The molecule has 1 unspecified atom stereocenters. The van der Waals surface area contributed by atoms with Crippen LogP contribution in [0, 0.1) is 5.92 Å². The van der Waals surface area contributed by atoms with E-state index in [9.17, 15) is 4.79 Å². The van der Waals surface area contributed by atoms with Crippen LogP contribution in [0.2, 0.25) is 0 Å². The molecule has 0 spiro atoms. The van der Waals surface area contributed by atoms with Gasteiger partial charge in [-0.25, -0.2) is 0 Å². The Morgan fingerprint density at radius 1 is 1.33 bits per heavy atom. The van der Waals surface area contributed by atoms with Crippen LogP contribution in [0.5, 0.6) is 0 Å². The molecule has 1 N–H and O–H groups in total. The first-order valence-electron chi connectivity index (χ1n) is 7.93. The summed E-state index contributed by atoms with van der Waals surface area (Å²) in [5.41, 5.74) is 2.33. The third-order valence-corrected chi connectivity index (χ3v) is 5.53. The van der Waals surface area contributed by atoms with Gasteiger partial charge in [0.1, 0.15) is 0 Å². The van der Waals surface area contributed by atoms with Gasteiger partial charge in [-0.1, -0.05) is 18.2 Å². The molecule has 1 aromatic carbocycles. The molecule has 1 amide bonds. The molecular formula is C17H24N2OS. The Bertz CT molecular complexity index is 499. The summed E-state index contributed by atoms with van der Waals surface area (Å²) in [7, 11) is 0. The molecule has 0 aromatic heterocycles. The van der Waals surface area contributed by atoms with E-state index in [1.807, 2.05) is 22.7 Å². The van der Waals surface area contributed by atoms with Crippen LogP contribution >= 0.6 is 11.8 Å². The van der Waals surface area contributed by atoms with E-state index in [4.69, 9.17) is 0 Å². The van der Waals surface area contributed by atoms with Crippen molar-refractivity contribution in [3.8, 4) is 0 Å². The second-order valence-electron chi connectivity index (χ2n) is 6.17. The summed E-state index contributed by atoms with van der Waals surface area (Å²) in [6, 6.07) is 8.63. The van der Waals surface area contributed by atoms with Crippen molar-refractivity contribution in [2.45, 2.75) is 38.8 Å². The van der Waals surface area contributed by atoms with E-state index in [2.05, 4.69) is 30.4 Å². The first-order valence-corrected chi connectivity index (χ1v) is 9.09. The average molecular weight is 304 g/mol. The molecule has 1 fully saturated rings. The van der Waals surface area contributed by atoms with Gasteiger partial charge in [0, 0.05) is 31.2 Å². The number of hydrogen-bond donors (Lipinski definition) is 1. The van der Waals surface area contributed by atoms with Gasteiger partial charge in [-0.15, -0.1) is 0 Å². The monoisotopic (exact) mass is 304 g/mol. The van der Waals surface area contributed by atoms with Crippen molar-refractivity contribution in [3.05, 3.63) is 29.8 Å². The van der Waals surface area contributed by atoms with Crippen LogP contribution in [0.1, 0.15) is 31.7 Å². The first-order chi connectivity index (χ1) is 10.2. The Labute approximate surface area is 131 Å². The number of fused-ring (bicyclic) bond motifs is 1. The molecule has 4 heteroatoms. The zero-order chi connectivity index (χ0) is 14.7. The lowest BCUT2D eigenvalue weighted by atomic mass is 9.97. The van der Waals surface area contributed by atoms with Crippen LogP contribution in [0.25, 0.3) is 0 Å². The van der Waals surface area contributed by atoms with Crippen LogP contribution in [-0.4, -0.2) is 30.0 Å². The minimum absolute atomic E-state index is 0.301. The standard InChI is InChI=1S/C17H24N2OS/c1-13-12-19(16-5-3-2-4-15(16)11-18-13)17(20)10-14-6-8-21-9-7-14/h2-5,13-14,18H,6-12H2,1H3. The van der Waals surface area contributed by atoms with Gasteiger partial charge < -0.3 is 10.2 Å². The molecule has 0 saturated carbocycles. The van der Waals surface area contributed by atoms with Crippen LogP contribution < -0.4 is 10.2 Å². The van der Waals surface area contributed by atoms with E-state index in [1.54, 1.807) is 0 Å². The van der Waals surface area contributed by atoms with Crippen molar-refractivity contribution in [2.75, 3.05) is 23.0 Å². The molecule has 3 nitrogen and oxygen atoms in total. The number of anilines is 1. The number of thioether (sulfide) groups is 1. The highest BCUT2D eigenvalue weighted by molar-refractivity contribution is 7.99. The number of amides is 1. The summed E-state index contributed by atoms with van der Waals surface area (Å²) in [4.78, 5) is 14.8. The third-order valence-electron chi connectivity index (χ3n) is 4.49. The van der Waals surface area contributed by atoms with Gasteiger partial charge in [-0.3, -0.25) is 4.79 Å². The van der Waals surface area contributed by atoms with Crippen molar-refractivity contribution in [1.29, 1.82) is 0 Å². The number of para-hydroxylation sites is 1. The van der Waals surface area contributed by atoms with Gasteiger partial charge in [0.05, 0.1) is 0 Å². The molecular weight excluding hydrogens is 280 g/mol. The molecule has 2 aliphatic rings. The van der Waals surface area contributed by atoms with Crippen LogP contribution in [0.15, 0.2) is 24.3 Å². The zero-order valence-corrected chi connectivity index (χ0v) is 13.5. The quantitative estimate of drug-likeness (QED) is 0.911. The van der Waals surface area contributed by atoms with E-state index >= 15 is 0 Å². The van der Waals surface area contributed by atoms with Gasteiger partial charge in [0.2, 0.25) is 5.91 Å². The lowest BCUT2D eigenvalue weighted by Gasteiger charge is -2.28. The van der Waals surface area contributed by atoms with Crippen LogP contribution in [0.3, 0.4) is 0 Å². The lowest BCUT2D eigenvalue weighted by Crippen LogP contribution is -2.40. The minimum Gasteiger partial charge on any atom is -0.311 e. The predicted molar refractivity (Wildman–Crippen MR) is 89.8 cm³/mol. The number of carbonyl (C=O) groups is 1. The molecule has 0 bridgehead atoms. The maximum Gasteiger partial charge on any atom is 0.227 e. The fraction of sp³-hybridized carbons (Fsp3) is 0.588. The second-order valence-corrected chi connectivity index (χ2v) is 7.40. The Kier molecular flexibility index (Phi) is 4.86. The van der Waals surface area contributed by atoms with Crippen molar-refractivity contribution in [2.24, 2.45) is 5.92 Å². The highest BCUT2D eigenvalue weighted by Gasteiger charge is 2.26. The van der Waals surface area contributed by atoms with E-state index < -0.39 is 0 Å². The average Bonchev–Trinajstić information content (AvgIpc) is 2.68. The normalized spacial score (nSPS) is 23.5. The van der Waals surface area contributed by atoms with Crippen molar-refractivity contribution in [3.63, 3.8) is 0 Å². The summed E-state index contributed by atoms with van der Waals surface area (Å²) in [5.74, 6) is 3.31. The van der Waals surface area contributed by atoms with Gasteiger partial charge in [0.15, 0.2) is 0 Å². The fourth-order valence-electron chi connectivity index (χ4n) is 3.19. The molecule has 1 aromatic rings. The number of hydrogen-bond acceptors (Lipinski definition) is 3. The number of carbonyl (C=O) groups excluding carboxylic acids is 1. The molecule has 0 radical (unpaired) electrons. The van der Waals surface area contributed by atoms with Gasteiger partial charge in [0.25, 0.3) is 0 Å². The SMILES string of the molecule is CC1CN(C(=O)CC2CCSCC2)c2ccccc2CN1. The van der Waals surface area contributed by atoms with E-state index in [-0.39, 0.29) is 0 Å². The summed E-state index contributed by atoms with van der Waals surface area (Å²) in [6.45, 7) is 3.78. The van der Waals surface area contributed by atoms with Crippen molar-refractivity contribution in [1.82, 2.24) is 5.32 Å². The Morgan fingerprint density at radius 3 is 2.90 bits per heavy atom. The van der Waals surface area contributed by atoms with E-state index in [0.29, 0.717) is 24.3 Å². The Morgan fingerprint density at radius 2 is 2.10 bits per heavy atom. The molecule has 21 heavy (non-hydrogen) atoms. The summed E-state index contributed by atoms with van der Waals surface area (Å²) >= 11 is 2.02. The van der Waals surface area contributed by atoms with Gasteiger partial charge in [-0.2, -0.15) is 11.8 Å². The zero-order valence-electron chi connectivity index (χ0n) is 12.7. The number of nitrogens with one attached hydrogen (secondary N) is 1. The van der Waals surface area contributed by atoms with Crippen molar-refractivity contribution < 1.29 is 4.79 Å². The van der Waals surface area contributed by atoms with E-state index in [0.717, 1.165) is 18.8 Å². The van der Waals surface area contributed by atoms with Crippen LogP contribution in [-0.2, 0) is 11.3 Å². The van der Waals surface area contributed by atoms with Crippen molar-refractivity contribution >= 4 is 23.4 Å². The number of rotatable bonds is 2. The summed E-state index contributed by atoms with van der Waals surface area (Å²) in [6.07, 6.45) is 3.10. The Balaban J connectivity index is 1.76. The van der Waals surface area contributed by atoms with E-state index in [1.165, 1.54) is 29.9 Å². The highest BCUT2D eigenvalue weighted by atomic mass is 32.2. The Hall–Kier alpha value is -1.00. The summed E-state index contributed by atoms with van der Waals surface area (Å²) in [5, 5.41) is 3.49. The maximum absolute atomic E-state index is 12.8. The van der Waals surface area contributed by atoms with Crippen LogP contribution in [0.4, 0.5) is 5.69 Å². The highest BCUT2D eigenvalue weighted by Crippen LogP contribution is 2.29. The smallest absolute Gasteiger partial charge is 0.227 e. The first kappa shape index (κ1) is 14.9. The second kappa shape index (κ2) is 6.84. The third kappa shape index (κ3) is 3.61. The molecule has 0 aliphatic carbocycles.